The average Bonchev–Trinajstić information content (AvgIpc) is 2.60. The molecule has 0 saturated carbocycles. The predicted molar refractivity (Wildman–Crippen MR) is 58.8 cm³/mol. The molecule has 0 bridgehead atoms. The first-order chi connectivity index (χ1) is 7.22. The van der Waals surface area contributed by atoms with Crippen molar-refractivity contribution in [2.45, 2.75) is 0 Å². The summed E-state index contributed by atoms with van der Waals surface area (Å²) in [7, 11) is 0. The third-order valence-corrected chi connectivity index (χ3v) is 2.60. The van der Waals surface area contributed by atoms with Crippen molar-refractivity contribution in [2.75, 3.05) is 0 Å². The summed E-state index contributed by atoms with van der Waals surface area (Å²) in [5.41, 5.74) is 0.679. The van der Waals surface area contributed by atoms with Crippen molar-refractivity contribution in [2.24, 2.45) is 0 Å². The van der Waals surface area contributed by atoms with E-state index in [9.17, 15) is 4.79 Å². The molecule has 0 aliphatic heterocycles. The molecule has 2 aromatic rings. The van der Waals surface area contributed by atoms with Crippen molar-refractivity contribution < 1.29 is 0 Å². The summed E-state index contributed by atoms with van der Waals surface area (Å²) in [4.78, 5) is 11.5. The second kappa shape index (κ2) is 3.75. The van der Waals surface area contributed by atoms with Crippen molar-refractivity contribution in [3.8, 4) is 11.8 Å². The average molecular weight is 264 g/mol. The summed E-state index contributed by atoms with van der Waals surface area (Å²) >= 11 is 3.34. The van der Waals surface area contributed by atoms with E-state index in [4.69, 9.17) is 5.26 Å². The molecule has 0 amide bonds. The maximum Gasteiger partial charge on any atom is 0.272 e. The van der Waals surface area contributed by atoms with E-state index < -0.39 is 0 Å². The standard InChI is InChI=1S/C10H6BrN3O/c11-8-3-1-2-4-9(8)14-10(15)5-7(6-12)13-14/h1-5,13H. The van der Waals surface area contributed by atoms with Crippen molar-refractivity contribution in [1.82, 2.24) is 9.78 Å². The highest BCUT2D eigenvalue weighted by atomic mass is 79.9. The zero-order chi connectivity index (χ0) is 10.8. The summed E-state index contributed by atoms with van der Waals surface area (Å²) < 4.78 is 2.11. The van der Waals surface area contributed by atoms with Crippen LogP contribution in [0.4, 0.5) is 0 Å². The smallest absolute Gasteiger partial charge is 0.272 e. The van der Waals surface area contributed by atoms with Gasteiger partial charge in [0.25, 0.3) is 5.56 Å². The summed E-state index contributed by atoms with van der Waals surface area (Å²) in [5, 5.41) is 11.3. The molecule has 74 valence electrons. The third kappa shape index (κ3) is 1.72. The molecule has 2 rings (SSSR count). The Kier molecular flexibility index (Phi) is 2.44. The minimum Gasteiger partial charge on any atom is -0.281 e. The molecule has 0 unspecified atom stereocenters. The number of nitriles is 1. The Labute approximate surface area is 93.9 Å². The molecule has 0 radical (unpaired) electrons. The van der Waals surface area contributed by atoms with Crippen molar-refractivity contribution in [3.63, 3.8) is 0 Å². The Bertz CT molecular complexity index is 591. The minimum atomic E-state index is -0.251. The highest BCUT2D eigenvalue weighted by Crippen LogP contribution is 2.18. The molecule has 0 fully saturated rings. The predicted octanol–water partition coefficient (Wildman–Crippen LogP) is 1.80. The van der Waals surface area contributed by atoms with Crippen LogP contribution in [0, 0.1) is 11.3 Å². The van der Waals surface area contributed by atoms with Crippen LogP contribution in [0.25, 0.3) is 5.69 Å². The van der Waals surface area contributed by atoms with E-state index in [0.29, 0.717) is 5.69 Å². The van der Waals surface area contributed by atoms with Crippen molar-refractivity contribution in [3.05, 3.63) is 50.9 Å². The highest BCUT2D eigenvalue weighted by Gasteiger charge is 2.06. The fraction of sp³-hybridized carbons (Fsp3) is 0. The molecule has 5 heteroatoms. The maximum absolute atomic E-state index is 11.5. The Hall–Kier alpha value is -1.80. The Balaban J connectivity index is 2.65. The number of rotatable bonds is 1. The van der Waals surface area contributed by atoms with Gasteiger partial charge in [0.15, 0.2) is 0 Å². The van der Waals surface area contributed by atoms with Gasteiger partial charge in [0, 0.05) is 10.5 Å². The van der Waals surface area contributed by atoms with E-state index >= 15 is 0 Å². The van der Waals surface area contributed by atoms with Gasteiger partial charge in [-0.25, -0.2) is 4.68 Å². The van der Waals surface area contributed by atoms with Gasteiger partial charge >= 0.3 is 0 Å². The molecule has 1 N–H and O–H groups in total. The zero-order valence-corrected chi connectivity index (χ0v) is 9.15. The Morgan fingerprint density at radius 3 is 2.73 bits per heavy atom. The van der Waals surface area contributed by atoms with Gasteiger partial charge in [0.1, 0.15) is 11.8 Å². The number of nitrogens with one attached hydrogen (secondary N) is 1. The normalized spacial score (nSPS) is 9.87. The largest absolute Gasteiger partial charge is 0.281 e. The van der Waals surface area contributed by atoms with Crippen LogP contribution in [-0.4, -0.2) is 9.78 Å². The van der Waals surface area contributed by atoms with Crippen LogP contribution in [-0.2, 0) is 0 Å². The number of aromatic nitrogens is 2. The van der Waals surface area contributed by atoms with Gasteiger partial charge in [0.05, 0.1) is 5.69 Å². The number of nitrogens with zero attached hydrogens (tertiary/aromatic N) is 2. The lowest BCUT2D eigenvalue weighted by atomic mass is 10.3. The van der Waals surface area contributed by atoms with E-state index in [-0.39, 0.29) is 11.3 Å². The number of hydrogen-bond donors (Lipinski definition) is 1. The maximum atomic E-state index is 11.5. The molecule has 4 nitrogen and oxygen atoms in total. The molecule has 0 spiro atoms. The van der Waals surface area contributed by atoms with Gasteiger partial charge in [-0.2, -0.15) is 5.26 Å². The monoisotopic (exact) mass is 263 g/mol. The number of H-pyrrole nitrogens is 1. The SMILES string of the molecule is N#Cc1cc(=O)n(-c2ccccc2Br)[nH]1. The minimum absolute atomic E-state index is 0.246. The molecule has 15 heavy (non-hydrogen) atoms. The topological polar surface area (TPSA) is 61.6 Å². The van der Waals surface area contributed by atoms with Crippen LogP contribution in [0.5, 0.6) is 0 Å². The number of benzene rings is 1. The Morgan fingerprint density at radius 1 is 1.40 bits per heavy atom. The summed E-state index contributed by atoms with van der Waals surface area (Å²) in [5.74, 6) is 0. The van der Waals surface area contributed by atoms with Gasteiger partial charge in [0.2, 0.25) is 0 Å². The van der Waals surface area contributed by atoms with Crippen molar-refractivity contribution >= 4 is 15.9 Å². The quantitative estimate of drug-likeness (QED) is 0.853. The fourth-order valence-corrected chi connectivity index (χ4v) is 1.73. The highest BCUT2D eigenvalue weighted by molar-refractivity contribution is 9.10. The molecule has 0 aliphatic carbocycles. The third-order valence-electron chi connectivity index (χ3n) is 1.93. The van der Waals surface area contributed by atoms with Gasteiger partial charge < -0.3 is 0 Å². The van der Waals surface area contributed by atoms with Crippen LogP contribution in [0.2, 0.25) is 0 Å². The molecule has 0 saturated heterocycles. The molecule has 0 aliphatic rings. The van der Waals surface area contributed by atoms with Crippen LogP contribution in [0.1, 0.15) is 5.69 Å². The number of hydrogen-bond acceptors (Lipinski definition) is 2. The number of halogens is 1. The summed E-state index contributed by atoms with van der Waals surface area (Å²) in [6, 6.07) is 10.4. The lowest BCUT2D eigenvalue weighted by molar-refractivity contribution is 0.840. The van der Waals surface area contributed by atoms with E-state index in [0.717, 1.165) is 4.47 Å². The van der Waals surface area contributed by atoms with E-state index in [1.165, 1.54) is 10.7 Å². The zero-order valence-electron chi connectivity index (χ0n) is 7.57. The van der Waals surface area contributed by atoms with Gasteiger partial charge in [-0.05, 0) is 28.1 Å². The van der Waals surface area contributed by atoms with Crippen LogP contribution in [0.3, 0.4) is 0 Å². The lowest BCUT2D eigenvalue weighted by Gasteiger charge is -2.03. The molecule has 1 aromatic heterocycles. The van der Waals surface area contributed by atoms with Gasteiger partial charge in [-0.3, -0.25) is 9.89 Å². The first-order valence-corrected chi connectivity index (χ1v) is 4.99. The molecule has 0 atom stereocenters. The van der Waals surface area contributed by atoms with Crippen LogP contribution < -0.4 is 5.56 Å². The van der Waals surface area contributed by atoms with Crippen LogP contribution >= 0.6 is 15.9 Å². The summed E-state index contributed by atoms with van der Waals surface area (Å²) in [6.45, 7) is 0. The molecular weight excluding hydrogens is 258 g/mol. The fourth-order valence-electron chi connectivity index (χ4n) is 1.27. The second-order valence-corrected chi connectivity index (χ2v) is 3.76. The summed E-state index contributed by atoms with van der Waals surface area (Å²) in [6.07, 6.45) is 0. The van der Waals surface area contributed by atoms with E-state index in [2.05, 4.69) is 21.0 Å². The number of aromatic amines is 1. The molecule has 1 aromatic carbocycles. The van der Waals surface area contributed by atoms with Crippen molar-refractivity contribution in [1.29, 1.82) is 5.26 Å². The first kappa shape index (κ1) is 9.74. The van der Waals surface area contributed by atoms with Crippen LogP contribution in [0.15, 0.2) is 39.6 Å². The lowest BCUT2D eigenvalue weighted by Crippen LogP contribution is -2.13. The van der Waals surface area contributed by atoms with E-state index in [1.807, 2.05) is 24.3 Å². The second-order valence-electron chi connectivity index (χ2n) is 2.91. The number of para-hydroxylation sites is 1. The molecule has 1 heterocycles. The Morgan fingerprint density at radius 2 is 2.13 bits per heavy atom. The van der Waals surface area contributed by atoms with Gasteiger partial charge in [-0.15, -0.1) is 0 Å². The van der Waals surface area contributed by atoms with Gasteiger partial charge in [-0.1, -0.05) is 12.1 Å². The van der Waals surface area contributed by atoms with E-state index in [1.54, 1.807) is 6.07 Å². The molecular formula is C10H6BrN3O. The first-order valence-electron chi connectivity index (χ1n) is 4.19.